The second-order valence-electron chi connectivity index (χ2n) is 5.18. The molecule has 0 spiro atoms. The second-order valence-corrected chi connectivity index (χ2v) is 6.12. The van der Waals surface area contributed by atoms with E-state index < -0.39 is 6.10 Å². The lowest BCUT2D eigenvalue weighted by molar-refractivity contribution is -0.127. The molecule has 0 bridgehead atoms. The number of aryl methyl sites for hydroxylation is 1. The highest BCUT2D eigenvalue weighted by molar-refractivity contribution is 7.09. The van der Waals surface area contributed by atoms with E-state index >= 15 is 0 Å². The third kappa shape index (κ3) is 3.73. The summed E-state index contributed by atoms with van der Waals surface area (Å²) in [6.45, 7) is 4.47. The normalized spacial score (nSPS) is 13.7. The number of carbonyl (C=O) groups excluding carboxylic acids is 1. The first kappa shape index (κ1) is 15.6. The number of ether oxygens (including phenoxy) is 3. The van der Waals surface area contributed by atoms with Gasteiger partial charge < -0.3 is 19.5 Å². The lowest BCUT2D eigenvalue weighted by Gasteiger charge is -2.15. The number of fused-ring (bicyclic) bond motifs is 1. The number of hydrogen-bond acceptors (Lipinski definition) is 6. The summed E-state index contributed by atoms with van der Waals surface area (Å²) in [6.07, 6.45) is 0.192. The topological polar surface area (TPSA) is 69.7 Å². The van der Waals surface area contributed by atoms with E-state index in [2.05, 4.69) is 10.3 Å². The minimum Gasteiger partial charge on any atom is -0.481 e. The highest BCUT2D eigenvalue weighted by atomic mass is 32.1. The van der Waals surface area contributed by atoms with Crippen molar-refractivity contribution < 1.29 is 19.0 Å². The summed E-state index contributed by atoms with van der Waals surface area (Å²) in [4.78, 5) is 17.5. The Kier molecular flexibility index (Phi) is 4.66. The number of carbonyl (C=O) groups is 1. The second kappa shape index (κ2) is 6.87. The summed E-state index contributed by atoms with van der Waals surface area (Å²) in [5.41, 5.74) is 2.84. The van der Waals surface area contributed by atoms with Crippen LogP contribution < -0.4 is 19.5 Å². The molecule has 1 amide bonds. The van der Waals surface area contributed by atoms with Gasteiger partial charge in [-0.1, -0.05) is 0 Å². The SMILES string of the molecule is Cc1ncsc1CCNC(=O)[C@H](C)Oc1ccc2c(c1)OCO2. The number of nitrogens with one attached hydrogen (secondary N) is 1. The number of aromatic nitrogens is 1. The maximum Gasteiger partial charge on any atom is 0.260 e. The molecule has 0 fully saturated rings. The van der Waals surface area contributed by atoms with Crippen LogP contribution in [-0.4, -0.2) is 30.3 Å². The smallest absolute Gasteiger partial charge is 0.260 e. The summed E-state index contributed by atoms with van der Waals surface area (Å²) in [5.74, 6) is 1.75. The van der Waals surface area contributed by atoms with Crippen LogP contribution in [0.2, 0.25) is 0 Å². The van der Waals surface area contributed by atoms with Gasteiger partial charge in [0, 0.05) is 23.9 Å². The fourth-order valence-corrected chi connectivity index (χ4v) is 3.00. The Morgan fingerprint density at radius 3 is 3.04 bits per heavy atom. The molecule has 1 aromatic heterocycles. The summed E-state index contributed by atoms with van der Waals surface area (Å²) >= 11 is 1.60. The Labute approximate surface area is 138 Å². The van der Waals surface area contributed by atoms with Crippen LogP contribution in [0.25, 0.3) is 0 Å². The zero-order valence-corrected chi connectivity index (χ0v) is 13.8. The zero-order valence-electron chi connectivity index (χ0n) is 13.0. The largest absolute Gasteiger partial charge is 0.481 e. The Morgan fingerprint density at radius 2 is 2.26 bits per heavy atom. The molecule has 122 valence electrons. The van der Waals surface area contributed by atoms with Crippen molar-refractivity contribution in [2.45, 2.75) is 26.4 Å². The molecule has 6 nitrogen and oxygen atoms in total. The predicted molar refractivity (Wildman–Crippen MR) is 86.2 cm³/mol. The van der Waals surface area contributed by atoms with Gasteiger partial charge in [0.15, 0.2) is 17.6 Å². The zero-order chi connectivity index (χ0) is 16.2. The van der Waals surface area contributed by atoms with Gasteiger partial charge in [0.25, 0.3) is 5.91 Å². The predicted octanol–water partition coefficient (Wildman–Crippen LogP) is 2.31. The van der Waals surface area contributed by atoms with E-state index in [-0.39, 0.29) is 12.7 Å². The molecule has 2 aromatic rings. The van der Waals surface area contributed by atoms with Crippen molar-refractivity contribution in [1.82, 2.24) is 10.3 Å². The van der Waals surface area contributed by atoms with Crippen LogP contribution in [0.1, 0.15) is 17.5 Å². The monoisotopic (exact) mass is 334 g/mol. The third-order valence-electron chi connectivity index (χ3n) is 3.52. The van der Waals surface area contributed by atoms with Crippen LogP contribution in [0, 0.1) is 6.92 Å². The Bertz CT molecular complexity index is 701. The van der Waals surface area contributed by atoms with Crippen molar-refractivity contribution in [3.05, 3.63) is 34.3 Å². The summed E-state index contributed by atoms with van der Waals surface area (Å²) < 4.78 is 16.2. The Balaban J connectivity index is 1.48. The lowest BCUT2D eigenvalue weighted by atomic mass is 10.3. The average Bonchev–Trinajstić information content (AvgIpc) is 3.15. The summed E-state index contributed by atoms with van der Waals surface area (Å²) in [7, 11) is 0. The first-order valence-corrected chi connectivity index (χ1v) is 8.24. The van der Waals surface area contributed by atoms with Gasteiger partial charge in [0.2, 0.25) is 6.79 Å². The fourth-order valence-electron chi connectivity index (χ4n) is 2.22. The molecule has 0 saturated heterocycles. The average molecular weight is 334 g/mol. The van der Waals surface area contributed by atoms with Gasteiger partial charge >= 0.3 is 0 Å². The van der Waals surface area contributed by atoms with E-state index in [1.165, 1.54) is 4.88 Å². The lowest BCUT2D eigenvalue weighted by Crippen LogP contribution is -2.37. The molecule has 0 aliphatic carbocycles. The molecule has 3 rings (SSSR count). The van der Waals surface area contributed by atoms with Crippen LogP contribution in [0.3, 0.4) is 0 Å². The highest BCUT2D eigenvalue weighted by Crippen LogP contribution is 2.35. The van der Waals surface area contributed by atoms with Gasteiger partial charge in [-0.2, -0.15) is 0 Å². The number of benzene rings is 1. The molecule has 23 heavy (non-hydrogen) atoms. The van der Waals surface area contributed by atoms with E-state index in [1.54, 1.807) is 36.5 Å². The molecule has 1 aliphatic rings. The minimum absolute atomic E-state index is 0.148. The van der Waals surface area contributed by atoms with Crippen LogP contribution in [0.4, 0.5) is 0 Å². The molecule has 1 aromatic carbocycles. The van der Waals surface area contributed by atoms with Crippen molar-refractivity contribution in [3.63, 3.8) is 0 Å². The number of rotatable bonds is 6. The maximum absolute atomic E-state index is 12.1. The van der Waals surface area contributed by atoms with Crippen molar-refractivity contribution in [2.24, 2.45) is 0 Å². The van der Waals surface area contributed by atoms with Crippen LogP contribution in [0.5, 0.6) is 17.2 Å². The van der Waals surface area contributed by atoms with Gasteiger partial charge in [-0.15, -0.1) is 11.3 Å². The Hall–Kier alpha value is -2.28. The number of nitrogens with zero attached hydrogens (tertiary/aromatic N) is 1. The van der Waals surface area contributed by atoms with Crippen molar-refractivity contribution in [1.29, 1.82) is 0 Å². The molecular weight excluding hydrogens is 316 g/mol. The molecule has 1 atom stereocenters. The maximum atomic E-state index is 12.1. The van der Waals surface area contributed by atoms with E-state index in [4.69, 9.17) is 14.2 Å². The molecule has 2 heterocycles. The summed E-state index contributed by atoms with van der Waals surface area (Å²) in [6, 6.07) is 5.26. The van der Waals surface area contributed by atoms with Crippen molar-refractivity contribution in [3.8, 4) is 17.2 Å². The van der Waals surface area contributed by atoms with Crippen LogP contribution >= 0.6 is 11.3 Å². The standard InChI is InChI=1S/C16H18N2O4S/c1-10-15(23-8-18-10)5-6-17-16(19)11(2)22-12-3-4-13-14(7-12)21-9-20-13/h3-4,7-8,11H,5-6,9H2,1-2H3,(H,17,19)/t11-/m0/s1. The van der Waals surface area contributed by atoms with Crippen molar-refractivity contribution >= 4 is 17.2 Å². The van der Waals surface area contributed by atoms with Gasteiger partial charge in [0.05, 0.1) is 11.2 Å². The molecule has 0 radical (unpaired) electrons. The van der Waals surface area contributed by atoms with Gasteiger partial charge in [-0.25, -0.2) is 4.98 Å². The summed E-state index contributed by atoms with van der Waals surface area (Å²) in [5, 5.41) is 2.88. The van der Waals surface area contributed by atoms with Crippen LogP contribution in [-0.2, 0) is 11.2 Å². The van der Waals surface area contributed by atoms with Crippen LogP contribution in [0.15, 0.2) is 23.7 Å². The first-order valence-electron chi connectivity index (χ1n) is 7.36. The van der Waals surface area contributed by atoms with Crippen molar-refractivity contribution in [2.75, 3.05) is 13.3 Å². The highest BCUT2D eigenvalue weighted by Gasteiger charge is 2.18. The Morgan fingerprint density at radius 1 is 1.43 bits per heavy atom. The molecule has 1 aliphatic heterocycles. The number of thiazole rings is 1. The fraction of sp³-hybridized carbons (Fsp3) is 0.375. The molecule has 0 saturated carbocycles. The molecule has 0 unspecified atom stereocenters. The van der Waals surface area contributed by atoms with E-state index in [0.717, 1.165) is 12.1 Å². The van der Waals surface area contributed by atoms with E-state index in [1.807, 2.05) is 12.4 Å². The third-order valence-corrected chi connectivity index (χ3v) is 4.52. The quantitative estimate of drug-likeness (QED) is 0.878. The minimum atomic E-state index is -0.585. The first-order chi connectivity index (χ1) is 11.1. The molecule has 1 N–H and O–H groups in total. The molecule has 7 heteroatoms. The van der Waals surface area contributed by atoms with E-state index in [0.29, 0.717) is 23.8 Å². The number of amides is 1. The van der Waals surface area contributed by atoms with E-state index in [9.17, 15) is 4.79 Å². The van der Waals surface area contributed by atoms with Gasteiger partial charge in [-0.3, -0.25) is 4.79 Å². The number of hydrogen-bond donors (Lipinski definition) is 1. The molecular formula is C16H18N2O4S. The van der Waals surface area contributed by atoms with Gasteiger partial charge in [0.1, 0.15) is 5.75 Å². The van der Waals surface area contributed by atoms with Gasteiger partial charge in [-0.05, 0) is 26.0 Å².